The van der Waals surface area contributed by atoms with Crippen molar-refractivity contribution < 1.29 is 4.79 Å². The standard InChI is InChI=1S/C15H11Cl2N3O2S/c16-10-2-1-9(12(17)5-10)6-18-13(21)7-20-8-19-14-11(15(20)22)3-4-23-14/h1-5,8H,6-7H2,(H,18,21). The second kappa shape index (κ2) is 6.70. The smallest absolute Gasteiger partial charge is 0.262 e. The van der Waals surface area contributed by atoms with Gasteiger partial charge in [-0.1, -0.05) is 29.3 Å². The molecule has 0 bridgehead atoms. The maximum atomic E-state index is 12.2. The zero-order valence-corrected chi connectivity index (χ0v) is 14.1. The molecule has 0 aliphatic carbocycles. The highest BCUT2D eigenvalue weighted by Crippen LogP contribution is 2.20. The second-order valence-electron chi connectivity index (χ2n) is 4.83. The maximum absolute atomic E-state index is 12.2. The van der Waals surface area contributed by atoms with Crippen LogP contribution >= 0.6 is 34.5 Å². The average Bonchev–Trinajstić information content (AvgIpc) is 2.98. The van der Waals surface area contributed by atoms with Gasteiger partial charge in [0.2, 0.25) is 5.91 Å². The number of rotatable bonds is 4. The number of fused-ring (bicyclic) bond motifs is 1. The van der Waals surface area contributed by atoms with Crippen LogP contribution in [0.25, 0.3) is 10.2 Å². The van der Waals surface area contributed by atoms with Crippen molar-refractivity contribution in [3.63, 3.8) is 0 Å². The molecule has 23 heavy (non-hydrogen) atoms. The van der Waals surface area contributed by atoms with Crippen LogP contribution in [0.3, 0.4) is 0 Å². The van der Waals surface area contributed by atoms with E-state index in [4.69, 9.17) is 23.2 Å². The number of carbonyl (C=O) groups is 1. The molecule has 0 aliphatic rings. The Balaban J connectivity index is 1.69. The van der Waals surface area contributed by atoms with Gasteiger partial charge in [-0.05, 0) is 29.1 Å². The first-order valence-corrected chi connectivity index (χ1v) is 8.31. The highest BCUT2D eigenvalue weighted by Gasteiger charge is 2.09. The van der Waals surface area contributed by atoms with Crippen LogP contribution in [0.2, 0.25) is 10.0 Å². The first-order valence-electron chi connectivity index (χ1n) is 6.68. The third-order valence-electron chi connectivity index (χ3n) is 3.26. The molecule has 0 unspecified atom stereocenters. The molecule has 5 nitrogen and oxygen atoms in total. The number of nitrogens with zero attached hydrogens (tertiary/aromatic N) is 2. The van der Waals surface area contributed by atoms with Gasteiger partial charge in [0.25, 0.3) is 5.56 Å². The Bertz CT molecular complexity index is 936. The maximum Gasteiger partial charge on any atom is 0.262 e. The van der Waals surface area contributed by atoms with Gasteiger partial charge in [-0.3, -0.25) is 14.2 Å². The molecule has 0 saturated heterocycles. The van der Waals surface area contributed by atoms with E-state index in [1.165, 1.54) is 22.2 Å². The Morgan fingerprint density at radius 1 is 1.30 bits per heavy atom. The molecule has 0 atom stereocenters. The van der Waals surface area contributed by atoms with Gasteiger partial charge in [0, 0.05) is 16.6 Å². The summed E-state index contributed by atoms with van der Waals surface area (Å²) in [6.07, 6.45) is 1.38. The van der Waals surface area contributed by atoms with E-state index in [9.17, 15) is 9.59 Å². The number of thiophene rings is 1. The third-order valence-corrected chi connectivity index (χ3v) is 4.66. The molecule has 2 aromatic heterocycles. The number of hydrogen-bond acceptors (Lipinski definition) is 4. The number of halogens is 2. The third kappa shape index (κ3) is 3.55. The Kier molecular flexibility index (Phi) is 4.66. The molecule has 0 spiro atoms. The largest absolute Gasteiger partial charge is 0.350 e. The van der Waals surface area contributed by atoms with Crippen molar-refractivity contribution in [2.45, 2.75) is 13.1 Å². The molecule has 8 heteroatoms. The molecule has 0 saturated carbocycles. The van der Waals surface area contributed by atoms with Gasteiger partial charge in [-0.25, -0.2) is 4.98 Å². The predicted octanol–water partition coefficient (Wildman–Crippen LogP) is 3.08. The van der Waals surface area contributed by atoms with Crippen molar-refractivity contribution in [1.82, 2.24) is 14.9 Å². The summed E-state index contributed by atoms with van der Waals surface area (Å²) in [4.78, 5) is 29.1. The fourth-order valence-electron chi connectivity index (χ4n) is 2.08. The monoisotopic (exact) mass is 367 g/mol. The van der Waals surface area contributed by atoms with Crippen LogP contribution in [-0.4, -0.2) is 15.5 Å². The minimum Gasteiger partial charge on any atom is -0.350 e. The summed E-state index contributed by atoms with van der Waals surface area (Å²) < 4.78 is 1.29. The SMILES string of the molecule is O=C(Cn1cnc2sccc2c1=O)NCc1ccc(Cl)cc1Cl. The first-order chi connectivity index (χ1) is 11.0. The summed E-state index contributed by atoms with van der Waals surface area (Å²) in [5, 5.41) is 6.06. The number of benzene rings is 1. The molecule has 0 aliphatic heterocycles. The van der Waals surface area contributed by atoms with Crippen molar-refractivity contribution in [3.05, 3.63) is 61.9 Å². The van der Waals surface area contributed by atoms with E-state index in [1.54, 1.807) is 29.6 Å². The van der Waals surface area contributed by atoms with E-state index in [0.717, 1.165) is 5.56 Å². The van der Waals surface area contributed by atoms with Crippen LogP contribution in [0.1, 0.15) is 5.56 Å². The van der Waals surface area contributed by atoms with Crippen molar-refractivity contribution >= 4 is 50.7 Å². The van der Waals surface area contributed by atoms with Gasteiger partial charge < -0.3 is 5.32 Å². The van der Waals surface area contributed by atoms with Crippen LogP contribution in [0, 0.1) is 0 Å². The second-order valence-corrected chi connectivity index (χ2v) is 6.57. The average molecular weight is 368 g/mol. The lowest BCUT2D eigenvalue weighted by Gasteiger charge is -2.08. The van der Waals surface area contributed by atoms with Gasteiger partial charge in [0.1, 0.15) is 11.4 Å². The lowest BCUT2D eigenvalue weighted by Crippen LogP contribution is -2.32. The van der Waals surface area contributed by atoms with E-state index >= 15 is 0 Å². The van der Waals surface area contributed by atoms with Gasteiger partial charge in [-0.2, -0.15) is 0 Å². The zero-order chi connectivity index (χ0) is 16.4. The zero-order valence-electron chi connectivity index (χ0n) is 11.8. The quantitative estimate of drug-likeness (QED) is 0.770. The molecular weight excluding hydrogens is 357 g/mol. The molecule has 0 radical (unpaired) electrons. The van der Waals surface area contributed by atoms with Crippen molar-refractivity contribution in [3.8, 4) is 0 Å². The van der Waals surface area contributed by atoms with Crippen molar-refractivity contribution in [1.29, 1.82) is 0 Å². The van der Waals surface area contributed by atoms with E-state index in [2.05, 4.69) is 10.3 Å². The Morgan fingerprint density at radius 2 is 2.13 bits per heavy atom. The normalized spacial score (nSPS) is 10.9. The molecule has 1 N–H and O–H groups in total. The summed E-state index contributed by atoms with van der Waals surface area (Å²) in [5.41, 5.74) is 0.527. The molecule has 2 heterocycles. The first kappa shape index (κ1) is 16.0. The number of nitrogens with one attached hydrogen (secondary N) is 1. The van der Waals surface area contributed by atoms with E-state index in [0.29, 0.717) is 20.3 Å². The van der Waals surface area contributed by atoms with Crippen LogP contribution in [0.4, 0.5) is 0 Å². The molecular formula is C15H11Cl2N3O2S. The number of hydrogen-bond donors (Lipinski definition) is 1. The van der Waals surface area contributed by atoms with Gasteiger partial charge in [0.05, 0.1) is 11.7 Å². The Morgan fingerprint density at radius 3 is 2.91 bits per heavy atom. The fraction of sp³-hybridized carbons (Fsp3) is 0.133. The van der Waals surface area contributed by atoms with Crippen molar-refractivity contribution in [2.75, 3.05) is 0 Å². The minimum absolute atomic E-state index is 0.0944. The molecule has 118 valence electrons. The van der Waals surface area contributed by atoms with Crippen LogP contribution in [0.5, 0.6) is 0 Å². The lowest BCUT2D eigenvalue weighted by molar-refractivity contribution is -0.121. The van der Waals surface area contributed by atoms with E-state index < -0.39 is 0 Å². The van der Waals surface area contributed by atoms with Gasteiger partial charge in [-0.15, -0.1) is 11.3 Å². The van der Waals surface area contributed by atoms with Crippen LogP contribution in [0.15, 0.2) is 40.8 Å². The molecule has 3 rings (SSSR count). The van der Waals surface area contributed by atoms with Crippen molar-refractivity contribution in [2.24, 2.45) is 0 Å². The highest BCUT2D eigenvalue weighted by molar-refractivity contribution is 7.16. The summed E-state index contributed by atoms with van der Waals surface area (Å²) in [6.45, 7) is 0.167. The lowest BCUT2D eigenvalue weighted by atomic mass is 10.2. The molecule has 0 fully saturated rings. The Hall–Kier alpha value is -1.89. The highest BCUT2D eigenvalue weighted by atomic mass is 35.5. The number of carbonyl (C=O) groups excluding carboxylic acids is 1. The Labute approximate surface area is 145 Å². The number of amides is 1. The van der Waals surface area contributed by atoms with Gasteiger partial charge in [0.15, 0.2) is 0 Å². The fourth-order valence-corrected chi connectivity index (χ4v) is 3.27. The van der Waals surface area contributed by atoms with Crippen LogP contribution < -0.4 is 10.9 Å². The number of aromatic nitrogens is 2. The summed E-state index contributed by atoms with van der Waals surface area (Å²) in [5.74, 6) is -0.297. The topological polar surface area (TPSA) is 64.0 Å². The van der Waals surface area contributed by atoms with Crippen LogP contribution in [-0.2, 0) is 17.9 Å². The minimum atomic E-state index is -0.297. The summed E-state index contributed by atoms with van der Waals surface area (Å²) in [7, 11) is 0. The summed E-state index contributed by atoms with van der Waals surface area (Å²) >= 11 is 13.3. The van der Waals surface area contributed by atoms with E-state index in [-0.39, 0.29) is 24.6 Å². The molecule has 3 aromatic rings. The van der Waals surface area contributed by atoms with E-state index in [1.807, 2.05) is 0 Å². The molecule has 1 aromatic carbocycles. The predicted molar refractivity (Wildman–Crippen MR) is 92.2 cm³/mol. The summed E-state index contributed by atoms with van der Waals surface area (Å²) in [6, 6.07) is 6.77. The van der Waals surface area contributed by atoms with Gasteiger partial charge >= 0.3 is 0 Å². The molecule has 1 amide bonds.